The minimum Gasteiger partial charge on any atom is -0.494 e. The van der Waals surface area contributed by atoms with Crippen LogP contribution in [-0.4, -0.2) is 48.8 Å². The summed E-state index contributed by atoms with van der Waals surface area (Å²) in [5.41, 5.74) is 3.19. The van der Waals surface area contributed by atoms with Gasteiger partial charge >= 0.3 is 0 Å². The van der Waals surface area contributed by atoms with E-state index < -0.39 is 0 Å². The molecule has 0 radical (unpaired) electrons. The highest BCUT2D eigenvalue weighted by Gasteiger charge is 2.28. The quantitative estimate of drug-likeness (QED) is 0.577. The molecule has 2 aromatic carbocycles. The van der Waals surface area contributed by atoms with Gasteiger partial charge in [-0.15, -0.1) is 0 Å². The molecule has 0 unspecified atom stereocenters. The molecule has 1 amide bonds. The Balaban J connectivity index is 1.35. The number of nitrogens with zero attached hydrogens (tertiary/aromatic N) is 3. The molecule has 4 rings (SSSR count). The van der Waals surface area contributed by atoms with Crippen LogP contribution in [0.4, 0.5) is 5.69 Å². The molecule has 7 heteroatoms. The molecule has 162 valence electrons. The number of halogens is 1. The average Bonchev–Trinajstić information content (AvgIpc) is 3.15. The lowest BCUT2D eigenvalue weighted by Crippen LogP contribution is -2.47. The van der Waals surface area contributed by atoms with Gasteiger partial charge in [-0.1, -0.05) is 36.7 Å². The van der Waals surface area contributed by atoms with E-state index in [1.165, 1.54) is 11.8 Å². The number of ether oxygens (including phenoxy) is 1. The summed E-state index contributed by atoms with van der Waals surface area (Å²) < 4.78 is 5.62. The van der Waals surface area contributed by atoms with Gasteiger partial charge in [0.15, 0.2) is 5.17 Å². The minimum absolute atomic E-state index is 0.168. The van der Waals surface area contributed by atoms with Crippen LogP contribution in [0.1, 0.15) is 24.5 Å². The molecule has 2 aliphatic heterocycles. The van der Waals surface area contributed by atoms with E-state index in [2.05, 4.69) is 33.8 Å². The van der Waals surface area contributed by atoms with E-state index in [0.29, 0.717) is 11.5 Å². The second-order valence-electron chi connectivity index (χ2n) is 7.64. The first-order valence-corrected chi connectivity index (χ1v) is 11.7. The van der Waals surface area contributed by atoms with E-state index in [4.69, 9.17) is 16.3 Å². The van der Waals surface area contributed by atoms with Crippen molar-refractivity contribution in [1.82, 2.24) is 4.90 Å². The van der Waals surface area contributed by atoms with Crippen molar-refractivity contribution in [3.05, 3.63) is 63.5 Å². The zero-order valence-corrected chi connectivity index (χ0v) is 19.4. The molecular weight excluding hydrogens is 430 g/mol. The molecule has 0 bridgehead atoms. The van der Waals surface area contributed by atoms with E-state index in [1.807, 2.05) is 43.3 Å². The predicted molar refractivity (Wildman–Crippen MR) is 130 cm³/mol. The van der Waals surface area contributed by atoms with E-state index in [9.17, 15) is 4.79 Å². The number of benzene rings is 2. The Labute approximate surface area is 192 Å². The summed E-state index contributed by atoms with van der Waals surface area (Å²) in [5, 5.41) is 1.58. The van der Waals surface area contributed by atoms with Crippen molar-refractivity contribution in [2.24, 2.45) is 4.99 Å². The molecule has 0 aliphatic carbocycles. The van der Waals surface area contributed by atoms with E-state index in [1.54, 1.807) is 0 Å². The van der Waals surface area contributed by atoms with Gasteiger partial charge in [0.1, 0.15) is 5.75 Å². The van der Waals surface area contributed by atoms with E-state index in [0.717, 1.165) is 65.4 Å². The first kappa shape index (κ1) is 21.8. The van der Waals surface area contributed by atoms with Gasteiger partial charge in [0.2, 0.25) is 0 Å². The van der Waals surface area contributed by atoms with Gasteiger partial charge in [-0.05, 0) is 66.6 Å². The van der Waals surface area contributed by atoms with Crippen molar-refractivity contribution in [2.45, 2.75) is 20.3 Å². The Morgan fingerprint density at radius 1 is 1.10 bits per heavy atom. The van der Waals surface area contributed by atoms with Crippen LogP contribution in [0.15, 0.2) is 52.4 Å². The standard InChI is InChI=1S/C24H26ClN3O2S/c1-3-14-30-20-8-5-18(6-9-20)15-22-23(29)26-24(31-22)28-12-10-27(11-13-28)19-7-4-17(2)21(25)16-19/h4-9,15-16H,3,10-14H2,1-2H3/b22-15+. The number of aliphatic imine (C=N–C) groups is 1. The van der Waals surface area contributed by atoms with Crippen LogP contribution in [0.25, 0.3) is 6.08 Å². The number of carbonyl (C=O) groups excluding carboxylic acids is 1. The molecule has 0 atom stereocenters. The fraction of sp³-hybridized carbons (Fsp3) is 0.333. The zero-order valence-electron chi connectivity index (χ0n) is 17.8. The normalized spacial score (nSPS) is 18.0. The minimum atomic E-state index is -0.168. The molecule has 0 aromatic heterocycles. The Morgan fingerprint density at radius 3 is 2.48 bits per heavy atom. The van der Waals surface area contributed by atoms with Crippen molar-refractivity contribution in [1.29, 1.82) is 0 Å². The first-order chi connectivity index (χ1) is 15.0. The lowest BCUT2D eigenvalue weighted by molar-refractivity contribution is -0.113. The number of amides is 1. The largest absolute Gasteiger partial charge is 0.494 e. The third kappa shape index (κ3) is 5.25. The lowest BCUT2D eigenvalue weighted by atomic mass is 10.2. The van der Waals surface area contributed by atoms with Crippen LogP contribution in [0, 0.1) is 6.92 Å². The van der Waals surface area contributed by atoms with Crippen LogP contribution in [-0.2, 0) is 4.79 Å². The summed E-state index contributed by atoms with van der Waals surface area (Å²) in [6.45, 7) is 8.17. The van der Waals surface area contributed by atoms with Gasteiger partial charge in [0.05, 0.1) is 11.5 Å². The topological polar surface area (TPSA) is 45.1 Å². The average molecular weight is 456 g/mol. The Hall–Kier alpha value is -2.44. The van der Waals surface area contributed by atoms with Crippen molar-refractivity contribution in [3.8, 4) is 5.75 Å². The van der Waals surface area contributed by atoms with Crippen LogP contribution < -0.4 is 9.64 Å². The first-order valence-electron chi connectivity index (χ1n) is 10.5. The molecular formula is C24H26ClN3O2S. The highest BCUT2D eigenvalue weighted by Crippen LogP contribution is 2.32. The molecule has 2 aliphatic rings. The smallest absolute Gasteiger partial charge is 0.286 e. The van der Waals surface area contributed by atoms with E-state index in [-0.39, 0.29) is 5.91 Å². The monoisotopic (exact) mass is 455 g/mol. The summed E-state index contributed by atoms with van der Waals surface area (Å²) in [6, 6.07) is 14.0. The van der Waals surface area contributed by atoms with Crippen molar-refractivity contribution in [3.63, 3.8) is 0 Å². The number of rotatable bonds is 5. The molecule has 0 spiro atoms. The Bertz CT molecular complexity index is 1010. The fourth-order valence-corrected chi connectivity index (χ4v) is 4.64. The van der Waals surface area contributed by atoms with Crippen molar-refractivity contribution >= 4 is 46.2 Å². The Kier molecular flexibility index (Phi) is 6.88. The third-order valence-corrected chi connectivity index (χ3v) is 6.78. The predicted octanol–water partition coefficient (Wildman–Crippen LogP) is 5.23. The summed E-state index contributed by atoms with van der Waals surface area (Å²) in [7, 11) is 0. The van der Waals surface area contributed by atoms with Crippen molar-refractivity contribution in [2.75, 3.05) is 37.7 Å². The third-order valence-electron chi connectivity index (χ3n) is 5.33. The highest BCUT2D eigenvalue weighted by molar-refractivity contribution is 8.18. The maximum atomic E-state index is 12.4. The number of piperazine rings is 1. The van der Waals surface area contributed by atoms with Gasteiger partial charge in [-0.25, -0.2) is 0 Å². The number of carbonyl (C=O) groups is 1. The summed E-state index contributed by atoms with van der Waals surface area (Å²) in [5.74, 6) is 0.679. The fourth-order valence-electron chi connectivity index (χ4n) is 3.50. The van der Waals surface area contributed by atoms with Crippen LogP contribution in [0.2, 0.25) is 5.02 Å². The molecule has 5 nitrogen and oxygen atoms in total. The molecule has 1 fully saturated rings. The van der Waals surface area contributed by atoms with Crippen LogP contribution in [0.3, 0.4) is 0 Å². The number of amidine groups is 1. The molecule has 2 aromatic rings. The SMILES string of the molecule is CCCOc1ccc(/C=C2/SC(N3CCN(c4ccc(C)c(Cl)c4)CC3)=NC2=O)cc1. The number of hydrogen-bond donors (Lipinski definition) is 0. The highest BCUT2D eigenvalue weighted by atomic mass is 35.5. The maximum Gasteiger partial charge on any atom is 0.286 e. The van der Waals surface area contributed by atoms with Crippen LogP contribution >= 0.6 is 23.4 Å². The summed E-state index contributed by atoms with van der Waals surface area (Å²) in [4.78, 5) is 21.9. The second kappa shape index (κ2) is 9.79. The molecule has 0 N–H and O–H groups in total. The molecule has 2 heterocycles. The lowest BCUT2D eigenvalue weighted by Gasteiger charge is -2.36. The van der Waals surface area contributed by atoms with Gasteiger partial charge in [-0.3, -0.25) is 4.79 Å². The zero-order chi connectivity index (χ0) is 21.8. The van der Waals surface area contributed by atoms with Crippen LogP contribution in [0.5, 0.6) is 5.75 Å². The summed E-state index contributed by atoms with van der Waals surface area (Å²) >= 11 is 7.74. The number of aryl methyl sites for hydroxylation is 1. The molecule has 0 saturated carbocycles. The van der Waals surface area contributed by atoms with Gasteiger partial charge in [0, 0.05) is 36.9 Å². The van der Waals surface area contributed by atoms with Gasteiger partial charge in [-0.2, -0.15) is 4.99 Å². The Morgan fingerprint density at radius 2 is 1.81 bits per heavy atom. The van der Waals surface area contributed by atoms with Crippen molar-refractivity contribution < 1.29 is 9.53 Å². The van der Waals surface area contributed by atoms with Gasteiger partial charge in [0.25, 0.3) is 5.91 Å². The number of anilines is 1. The van der Waals surface area contributed by atoms with Gasteiger partial charge < -0.3 is 14.5 Å². The second-order valence-corrected chi connectivity index (χ2v) is 9.05. The number of thioether (sulfide) groups is 1. The number of hydrogen-bond acceptors (Lipinski definition) is 5. The van der Waals surface area contributed by atoms with E-state index >= 15 is 0 Å². The maximum absolute atomic E-state index is 12.4. The summed E-state index contributed by atoms with van der Waals surface area (Å²) in [6.07, 6.45) is 2.88. The molecule has 1 saturated heterocycles. The molecule has 31 heavy (non-hydrogen) atoms.